The standard InChI is InChI=1S/C19H20ClN3O2/c1-12-10-17(21-22(12)11-13-6-2-5-9-16(13)20)23-18(24)14-7-3-4-8-15(14)19(23)25/h2,5-6,9-10,14-15H,3-4,7-8,11H2,1H3. The SMILES string of the molecule is Cc1cc(N2C(=O)C3CCCCC3C2=O)nn1Cc1ccccc1Cl. The van der Waals surface area contributed by atoms with E-state index >= 15 is 0 Å². The van der Waals surface area contributed by atoms with Crippen LogP contribution in [0.15, 0.2) is 30.3 Å². The van der Waals surface area contributed by atoms with Gasteiger partial charge in [0.1, 0.15) is 0 Å². The van der Waals surface area contributed by atoms with Crippen LogP contribution in [0.4, 0.5) is 5.82 Å². The third-order valence-electron chi connectivity index (χ3n) is 5.32. The van der Waals surface area contributed by atoms with Gasteiger partial charge in [0, 0.05) is 16.8 Å². The number of carbonyl (C=O) groups is 2. The van der Waals surface area contributed by atoms with Crippen molar-refractivity contribution in [3.63, 3.8) is 0 Å². The van der Waals surface area contributed by atoms with Gasteiger partial charge in [0.25, 0.3) is 0 Å². The lowest BCUT2D eigenvalue weighted by molar-refractivity contribution is -0.122. The summed E-state index contributed by atoms with van der Waals surface area (Å²) in [4.78, 5) is 26.7. The Labute approximate surface area is 151 Å². The Balaban J connectivity index is 1.63. The van der Waals surface area contributed by atoms with Gasteiger partial charge in [0.15, 0.2) is 5.82 Å². The number of carbonyl (C=O) groups excluding carboxylic acids is 2. The van der Waals surface area contributed by atoms with Crippen molar-refractivity contribution < 1.29 is 9.59 Å². The third kappa shape index (κ3) is 2.76. The predicted molar refractivity (Wildman–Crippen MR) is 95.5 cm³/mol. The number of fused-ring (bicyclic) bond motifs is 1. The van der Waals surface area contributed by atoms with Gasteiger partial charge < -0.3 is 0 Å². The molecular weight excluding hydrogens is 338 g/mol. The van der Waals surface area contributed by atoms with Crippen molar-refractivity contribution in [2.45, 2.75) is 39.2 Å². The molecule has 2 heterocycles. The molecule has 1 aromatic carbocycles. The van der Waals surface area contributed by atoms with Crippen molar-refractivity contribution in [3.8, 4) is 0 Å². The van der Waals surface area contributed by atoms with Crippen molar-refractivity contribution in [1.82, 2.24) is 9.78 Å². The van der Waals surface area contributed by atoms with E-state index in [2.05, 4.69) is 5.10 Å². The number of imide groups is 1. The van der Waals surface area contributed by atoms with Crippen LogP contribution in [-0.2, 0) is 16.1 Å². The Morgan fingerprint density at radius 1 is 1.12 bits per heavy atom. The highest BCUT2D eigenvalue weighted by Gasteiger charge is 2.49. The maximum atomic E-state index is 12.7. The zero-order valence-electron chi connectivity index (χ0n) is 14.1. The Morgan fingerprint density at radius 3 is 2.40 bits per heavy atom. The van der Waals surface area contributed by atoms with E-state index in [-0.39, 0.29) is 23.7 Å². The average molecular weight is 358 g/mol. The van der Waals surface area contributed by atoms with Gasteiger partial charge in [-0.15, -0.1) is 0 Å². The van der Waals surface area contributed by atoms with E-state index in [4.69, 9.17) is 11.6 Å². The van der Waals surface area contributed by atoms with Crippen LogP contribution >= 0.6 is 11.6 Å². The van der Waals surface area contributed by atoms with E-state index in [0.717, 1.165) is 36.9 Å². The summed E-state index contributed by atoms with van der Waals surface area (Å²) >= 11 is 6.23. The Morgan fingerprint density at radius 2 is 1.76 bits per heavy atom. The number of anilines is 1. The van der Waals surface area contributed by atoms with Crippen molar-refractivity contribution in [2.24, 2.45) is 11.8 Å². The van der Waals surface area contributed by atoms with Crippen molar-refractivity contribution in [2.75, 3.05) is 4.90 Å². The average Bonchev–Trinajstić information content (AvgIpc) is 3.08. The van der Waals surface area contributed by atoms with Gasteiger partial charge in [0.2, 0.25) is 11.8 Å². The molecule has 0 bridgehead atoms. The fourth-order valence-corrected chi connectivity index (χ4v) is 4.13. The monoisotopic (exact) mass is 357 g/mol. The summed E-state index contributed by atoms with van der Waals surface area (Å²) in [5.41, 5.74) is 1.85. The molecule has 1 saturated heterocycles. The lowest BCUT2D eigenvalue weighted by Gasteiger charge is -2.19. The van der Waals surface area contributed by atoms with Crippen molar-refractivity contribution >= 4 is 29.2 Å². The van der Waals surface area contributed by atoms with Gasteiger partial charge >= 0.3 is 0 Å². The van der Waals surface area contributed by atoms with Gasteiger partial charge in [-0.05, 0) is 31.4 Å². The van der Waals surface area contributed by atoms with Crippen molar-refractivity contribution in [3.05, 3.63) is 46.6 Å². The zero-order valence-corrected chi connectivity index (χ0v) is 14.9. The molecule has 2 amide bonds. The fourth-order valence-electron chi connectivity index (χ4n) is 3.94. The molecule has 4 rings (SSSR count). The summed E-state index contributed by atoms with van der Waals surface area (Å²) in [6.45, 7) is 2.43. The number of benzene rings is 1. The second-order valence-electron chi connectivity index (χ2n) is 6.90. The molecule has 0 N–H and O–H groups in total. The van der Waals surface area contributed by atoms with Crippen LogP contribution in [0.5, 0.6) is 0 Å². The summed E-state index contributed by atoms with van der Waals surface area (Å²) in [6, 6.07) is 9.42. The third-order valence-corrected chi connectivity index (χ3v) is 5.69. The number of hydrogen-bond acceptors (Lipinski definition) is 3. The number of hydrogen-bond donors (Lipinski definition) is 0. The molecule has 2 aromatic rings. The van der Waals surface area contributed by atoms with Crippen molar-refractivity contribution in [1.29, 1.82) is 0 Å². The molecule has 0 spiro atoms. The van der Waals surface area contributed by atoms with Crippen LogP contribution in [0, 0.1) is 18.8 Å². The molecule has 130 valence electrons. The molecule has 1 aliphatic carbocycles. The quantitative estimate of drug-likeness (QED) is 0.789. The first-order valence-electron chi connectivity index (χ1n) is 8.72. The predicted octanol–water partition coefficient (Wildman–Crippen LogP) is 3.57. The van der Waals surface area contributed by atoms with E-state index < -0.39 is 0 Å². The van der Waals surface area contributed by atoms with E-state index in [1.54, 1.807) is 4.68 Å². The molecule has 1 aliphatic heterocycles. The number of aryl methyl sites for hydroxylation is 1. The largest absolute Gasteiger partial charge is 0.274 e. The molecule has 6 heteroatoms. The van der Waals surface area contributed by atoms with Crippen LogP contribution in [0.3, 0.4) is 0 Å². The van der Waals surface area contributed by atoms with Gasteiger partial charge in [-0.3, -0.25) is 14.3 Å². The smallest absolute Gasteiger partial charge is 0.238 e. The number of rotatable bonds is 3. The maximum absolute atomic E-state index is 12.7. The van der Waals surface area contributed by atoms with E-state index in [1.165, 1.54) is 4.90 Å². The molecule has 2 aliphatic rings. The first-order chi connectivity index (χ1) is 12.1. The number of halogens is 1. The van der Waals surface area contributed by atoms with Gasteiger partial charge in [0.05, 0.1) is 18.4 Å². The molecule has 2 fully saturated rings. The minimum absolute atomic E-state index is 0.0860. The van der Waals surface area contributed by atoms with Gasteiger partial charge in [-0.25, -0.2) is 4.90 Å². The minimum Gasteiger partial charge on any atom is -0.274 e. The molecule has 0 radical (unpaired) electrons. The Kier molecular flexibility index (Phi) is 4.12. The highest BCUT2D eigenvalue weighted by Crippen LogP contribution is 2.39. The maximum Gasteiger partial charge on any atom is 0.238 e. The molecule has 1 saturated carbocycles. The zero-order chi connectivity index (χ0) is 17.6. The summed E-state index contributed by atoms with van der Waals surface area (Å²) in [5, 5.41) is 5.21. The van der Waals surface area contributed by atoms with Gasteiger partial charge in [-0.1, -0.05) is 42.6 Å². The lowest BCUT2D eigenvalue weighted by Crippen LogP contribution is -2.31. The summed E-state index contributed by atoms with van der Waals surface area (Å²) < 4.78 is 1.79. The molecule has 2 atom stereocenters. The summed E-state index contributed by atoms with van der Waals surface area (Å²) in [5.74, 6) is -0.0475. The normalized spacial score (nSPS) is 23.2. The Bertz CT molecular complexity index is 821. The molecule has 25 heavy (non-hydrogen) atoms. The van der Waals surface area contributed by atoms with Crippen LogP contribution in [-0.4, -0.2) is 21.6 Å². The second-order valence-corrected chi connectivity index (χ2v) is 7.31. The highest BCUT2D eigenvalue weighted by atomic mass is 35.5. The second kappa shape index (κ2) is 6.30. The first kappa shape index (κ1) is 16.3. The van der Waals surface area contributed by atoms with Crippen LogP contribution in [0.1, 0.15) is 36.9 Å². The van der Waals surface area contributed by atoms with Crippen LogP contribution < -0.4 is 4.90 Å². The first-order valence-corrected chi connectivity index (χ1v) is 9.09. The number of aromatic nitrogens is 2. The van der Waals surface area contributed by atoms with E-state index in [0.29, 0.717) is 17.4 Å². The van der Waals surface area contributed by atoms with Crippen LogP contribution in [0.25, 0.3) is 0 Å². The number of amides is 2. The molecule has 5 nitrogen and oxygen atoms in total. The van der Waals surface area contributed by atoms with Gasteiger partial charge in [-0.2, -0.15) is 5.10 Å². The Hall–Kier alpha value is -2.14. The van der Waals surface area contributed by atoms with Crippen LogP contribution in [0.2, 0.25) is 5.02 Å². The molecular formula is C19H20ClN3O2. The topological polar surface area (TPSA) is 55.2 Å². The fraction of sp³-hybridized carbons (Fsp3) is 0.421. The summed E-state index contributed by atoms with van der Waals surface area (Å²) in [7, 11) is 0. The summed E-state index contributed by atoms with van der Waals surface area (Å²) in [6.07, 6.45) is 3.66. The van der Waals surface area contributed by atoms with E-state index in [1.807, 2.05) is 37.3 Å². The lowest BCUT2D eigenvalue weighted by atomic mass is 9.81. The molecule has 1 aromatic heterocycles. The number of nitrogens with zero attached hydrogens (tertiary/aromatic N) is 3. The highest BCUT2D eigenvalue weighted by molar-refractivity contribution is 6.31. The molecule has 2 unspecified atom stereocenters. The minimum atomic E-state index is -0.157. The van der Waals surface area contributed by atoms with E-state index in [9.17, 15) is 9.59 Å².